The maximum absolute atomic E-state index is 12.5. The van der Waals surface area contributed by atoms with E-state index in [4.69, 9.17) is 0 Å². The third-order valence-corrected chi connectivity index (χ3v) is 4.49. The van der Waals surface area contributed by atoms with Crippen molar-refractivity contribution in [2.24, 2.45) is 0 Å². The number of hydrogen-bond acceptors (Lipinski definition) is 2. The number of aryl methyl sites for hydroxylation is 1. The number of nitrogens with zero attached hydrogens (tertiary/aromatic N) is 1. The third-order valence-electron chi connectivity index (χ3n) is 4.49. The summed E-state index contributed by atoms with van der Waals surface area (Å²) in [6, 6.07) is 15.4. The highest BCUT2D eigenvalue weighted by Gasteiger charge is 2.28. The zero-order valence-corrected chi connectivity index (χ0v) is 14.5. The van der Waals surface area contributed by atoms with Gasteiger partial charge in [-0.05, 0) is 41.3 Å². The van der Waals surface area contributed by atoms with Gasteiger partial charge in [0.15, 0.2) is 0 Å². The van der Waals surface area contributed by atoms with Gasteiger partial charge >= 0.3 is 0 Å². The zero-order chi connectivity index (χ0) is 17.8. The van der Waals surface area contributed by atoms with Gasteiger partial charge in [0.1, 0.15) is 0 Å². The van der Waals surface area contributed by atoms with Crippen LogP contribution in [0.4, 0.5) is 5.69 Å². The summed E-state index contributed by atoms with van der Waals surface area (Å²) >= 11 is 0. The van der Waals surface area contributed by atoms with E-state index >= 15 is 0 Å². The average Bonchev–Trinajstić information content (AvgIpc) is 2.62. The Morgan fingerprint density at radius 3 is 2.48 bits per heavy atom. The van der Waals surface area contributed by atoms with Crippen molar-refractivity contribution in [1.29, 1.82) is 0 Å². The van der Waals surface area contributed by atoms with Gasteiger partial charge in [-0.1, -0.05) is 43.3 Å². The molecule has 0 aliphatic carbocycles. The normalized spacial score (nSPS) is 15.6. The first kappa shape index (κ1) is 17.0. The van der Waals surface area contributed by atoms with Gasteiger partial charge in [-0.2, -0.15) is 0 Å². The predicted molar refractivity (Wildman–Crippen MR) is 99.8 cm³/mol. The summed E-state index contributed by atoms with van der Waals surface area (Å²) in [4.78, 5) is 26.1. The van der Waals surface area contributed by atoms with E-state index in [1.807, 2.05) is 54.6 Å². The molecule has 4 heteroatoms. The largest absolute Gasteiger partial charge is 0.326 e. The van der Waals surface area contributed by atoms with Crippen LogP contribution in [-0.4, -0.2) is 16.7 Å². The van der Waals surface area contributed by atoms with Crippen LogP contribution < -0.4 is 5.32 Å². The van der Waals surface area contributed by atoms with E-state index in [0.717, 1.165) is 23.2 Å². The van der Waals surface area contributed by atoms with Crippen molar-refractivity contribution in [2.45, 2.75) is 32.7 Å². The van der Waals surface area contributed by atoms with Gasteiger partial charge in [-0.3, -0.25) is 9.59 Å². The number of fused-ring (bicyclic) bond motifs is 1. The highest BCUT2D eigenvalue weighted by atomic mass is 16.2. The van der Waals surface area contributed by atoms with Crippen LogP contribution in [0, 0.1) is 0 Å². The fourth-order valence-electron chi connectivity index (χ4n) is 3.12. The van der Waals surface area contributed by atoms with Crippen molar-refractivity contribution in [3.63, 3.8) is 0 Å². The van der Waals surface area contributed by atoms with Gasteiger partial charge in [-0.15, -0.1) is 0 Å². The van der Waals surface area contributed by atoms with Crippen molar-refractivity contribution in [3.05, 3.63) is 71.4 Å². The van der Waals surface area contributed by atoms with Gasteiger partial charge in [0.2, 0.25) is 11.8 Å². The van der Waals surface area contributed by atoms with Crippen molar-refractivity contribution in [2.75, 3.05) is 5.32 Å². The Balaban J connectivity index is 1.77. The van der Waals surface area contributed by atoms with Crippen molar-refractivity contribution >= 4 is 23.6 Å². The molecule has 0 unspecified atom stereocenters. The second kappa shape index (κ2) is 7.34. The molecule has 1 aliphatic heterocycles. The van der Waals surface area contributed by atoms with Crippen molar-refractivity contribution in [1.82, 2.24) is 4.90 Å². The zero-order valence-electron chi connectivity index (χ0n) is 14.5. The summed E-state index contributed by atoms with van der Waals surface area (Å²) < 4.78 is 0. The Kier molecular flexibility index (Phi) is 4.98. The maximum atomic E-state index is 12.5. The molecule has 2 aromatic rings. The Morgan fingerprint density at radius 2 is 1.80 bits per heavy atom. The van der Waals surface area contributed by atoms with Crippen LogP contribution in [0.25, 0.3) is 6.08 Å². The van der Waals surface area contributed by atoms with Gasteiger partial charge in [0.25, 0.3) is 0 Å². The lowest BCUT2D eigenvalue weighted by Crippen LogP contribution is -2.33. The molecule has 0 fully saturated rings. The van der Waals surface area contributed by atoms with E-state index in [1.54, 1.807) is 11.1 Å². The summed E-state index contributed by atoms with van der Waals surface area (Å²) in [5.41, 5.74) is 4.05. The van der Waals surface area contributed by atoms with E-state index < -0.39 is 0 Å². The molecule has 3 rings (SSSR count). The molecule has 0 saturated heterocycles. The Morgan fingerprint density at radius 1 is 1.08 bits per heavy atom. The summed E-state index contributed by atoms with van der Waals surface area (Å²) in [6.45, 7) is 3.62. The van der Waals surface area contributed by atoms with Gasteiger partial charge < -0.3 is 10.2 Å². The van der Waals surface area contributed by atoms with Crippen LogP contribution in [0.1, 0.15) is 43.0 Å². The van der Waals surface area contributed by atoms with Gasteiger partial charge in [0.05, 0.1) is 12.5 Å². The molecule has 25 heavy (non-hydrogen) atoms. The van der Waals surface area contributed by atoms with Crippen LogP contribution in [0.2, 0.25) is 0 Å². The molecule has 1 aliphatic rings. The molecule has 1 atom stereocenters. The van der Waals surface area contributed by atoms with Crippen molar-refractivity contribution < 1.29 is 9.59 Å². The summed E-state index contributed by atoms with van der Waals surface area (Å²) in [7, 11) is 0. The van der Waals surface area contributed by atoms with Crippen LogP contribution in [0.3, 0.4) is 0 Å². The fraction of sp³-hybridized carbons (Fsp3) is 0.238. The second-order valence-electron chi connectivity index (χ2n) is 6.19. The second-order valence-corrected chi connectivity index (χ2v) is 6.19. The highest BCUT2D eigenvalue weighted by molar-refractivity contribution is 5.92. The molecule has 0 spiro atoms. The summed E-state index contributed by atoms with van der Waals surface area (Å²) in [5, 5.41) is 2.93. The molecule has 0 saturated carbocycles. The maximum Gasteiger partial charge on any atom is 0.226 e. The van der Waals surface area contributed by atoms with Crippen LogP contribution in [0.15, 0.2) is 54.7 Å². The van der Waals surface area contributed by atoms with Crippen LogP contribution in [0.5, 0.6) is 0 Å². The number of hydrogen-bond donors (Lipinski definition) is 1. The van der Waals surface area contributed by atoms with E-state index in [9.17, 15) is 9.59 Å². The Labute approximate surface area is 148 Å². The molecule has 0 bridgehead atoms. The summed E-state index contributed by atoms with van der Waals surface area (Å²) in [6.07, 6.45) is 4.86. The van der Waals surface area contributed by atoms with Crippen LogP contribution in [-0.2, 0) is 16.0 Å². The molecule has 1 heterocycles. The third kappa shape index (κ3) is 3.79. The molecular formula is C21H22N2O2. The minimum absolute atomic E-state index is 0.0733. The molecule has 4 nitrogen and oxygen atoms in total. The van der Waals surface area contributed by atoms with E-state index in [-0.39, 0.29) is 24.3 Å². The number of nitrogens with one attached hydrogen (secondary N) is 1. The Hall–Kier alpha value is -2.88. The lowest BCUT2D eigenvalue weighted by Gasteiger charge is -2.32. The fourth-order valence-corrected chi connectivity index (χ4v) is 3.12. The molecule has 0 aromatic heterocycles. The number of carbonyl (C=O) groups is 2. The average molecular weight is 334 g/mol. The lowest BCUT2D eigenvalue weighted by molar-refractivity contribution is -0.129. The molecule has 128 valence electrons. The van der Waals surface area contributed by atoms with E-state index in [2.05, 4.69) is 12.2 Å². The SMILES string of the molecule is CCc1ccc(NC(=O)C[C@@H]2c3ccccc3C=CN2C(C)=O)cc1. The van der Waals surface area contributed by atoms with Gasteiger partial charge in [0, 0.05) is 18.8 Å². The summed E-state index contributed by atoms with van der Waals surface area (Å²) in [5.74, 6) is -0.179. The van der Waals surface area contributed by atoms with Crippen molar-refractivity contribution in [3.8, 4) is 0 Å². The number of amides is 2. The van der Waals surface area contributed by atoms with E-state index in [0.29, 0.717) is 0 Å². The number of benzene rings is 2. The van der Waals surface area contributed by atoms with Gasteiger partial charge in [-0.25, -0.2) is 0 Å². The smallest absolute Gasteiger partial charge is 0.226 e. The molecule has 0 radical (unpaired) electrons. The minimum Gasteiger partial charge on any atom is -0.326 e. The lowest BCUT2D eigenvalue weighted by atomic mass is 9.93. The first-order chi connectivity index (χ1) is 12.1. The molecular weight excluding hydrogens is 312 g/mol. The standard InChI is InChI=1S/C21H22N2O2/c1-3-16-8-10-18(11-9-16)22-21(25)14-20-19-7-5-4-6-17(19)12-13-23(20)15(2)24/h4-13,20H,3,14H2,1-2H3,(H,22,25)/t20-/m1/s1. The predicted octanol–water partition coefficient (Wildman–Crippen LogP) is 4.15. The number of anilines is 1. The number of carbonyl (C=O) groups excluding carboxylic acids is 2. The first-order valence-electron chi connectivity index (χ1n) is 8.53. The topological polar surface area (TPSA) is 49.4 Å². The highest BCUT2D eigenvalue weighted by Crippen LogP contribution is 2.33. The molecule has 2 aromatic carbocycles. The molecule has 2 amide bonds. The quantitative estimate of drug-likeness (QED) is 0.913. The Bertz CT molecular complexity index is 809. The first-order valence-corrected chi connectivity index (χ1v) is 8.53. The minimum atomic E-state index is -0.284. The monoisotopic (exact) mass is 334 g/mol. The number of rotatable bonds is 4. The van der Waals surface area contributed by atoms with E-state index in [1.165, 1.54) is 12.5 Å². The van der Waals surface area contributed by atoms with Crippen LogP contribution >= 0.6 is 0 Å². The molecule has 1 N–H and O–H groups in total.